The summed E-state index contributed by atoms with van der Waals surface area (Å²) in [5, 5.41) is 7.57. The van der Waals surface area contributed by atoms with Crippen LogP contribution in [-0.2, 0) is 4.79 Å². The SMILES string of the molecule is O=C(Nc1c[nH]c2ncc(Br)c(N3CCN(C(=O)CC4CCCN4)CC3)c12)c1cncc(Cl)c1. The van der Waals surface area contributed by atoms with E-state index in [2.05, 4.69) is 46.4 Å². The molecular formula is C23H25BrClN7O2. The predicted octanol–water partition coefficient (Wildman–Crippen LogP) is 3.42. The van der Waals surface area contributed by atoms with E-state index in [9.17, 15) is 9.59 Å². The Bertz CT molecular complexity index is 1220. The van der Waals surface area contributed by atoms with Gasteiger partial charge in [0.1, 0.15) is 5.65 Å². The Hall–Kier alpha value is -2.69. The minimum atomic E-state index is -0.308. The molecule has 34 heavy (non-hydrogen) atoms. The number of nitrogens with zero attached hydrogens (tertiary/aromatic N) is 4. The Kier molecular flexibility index (Phi) is 6.71. The van der Waals surface area contributed by atoms with Crippen molar-refractivity contribution in [2.45, 2.75) is 25.3 Å². The molecule has 2 aliphatic heterocycles. The van der Waals surface area contributed by atoms with Crippen molar-refractivity contribution in [1.82, 2.24) is 25.2 Å². The molecule has 2 saturated heterocycles. The fourth-order valence-electron chi connectivity index (χ4n) is 4.64. The van der Waals surface area contributed by atoms with Crippen LogP contribution in [0.4, 0.5) is 11.4 Å². The Morgan fingerprint density at radius 2 is 2.03 bits per heavy atom. The molecule has 11 heteroatoms. The molecule has 1 atom stereocenters. The molecule has 0 aromatic carbocycles. The second kappa shape index (κ2) is 9.89. The molecule has 0 aliphatic carbocycles. The van der Waals surface area contributed by atoms with E-state index in [0.29, 0.717) is 60.6 Å². The molecule has 9 nitrogen and oxygen atoms in total. The van der Waals surface area contributed by atoms with Crippen LogP contribution in [0.25, 0.3) is 11.0 Å². The number of amides is 2. The summed E-state index contributed by atoms with van der Waals surface area (Å²) in [4.78, 5) is 41.4. The maximum absolute atomic E-state index is 12.8. The van der Waals surface area contributed by atoms with Gasteiger partial charge in [0.2, 0.25) is 5.91 Å². The topological polar surface area (TPSA) is 106 Å². The van der Waals surface area contributed by atoms with Gasteiger partial charge in [0.25, 0.3) is 5.91 Å². The lowest BCUT2D eigenvalue weighted by molar-refractivity contribution is -0.131. The molecule has 5 heterocycles. The molecule has 2 amide bonds. The lowest BCUT2D eigenvalue weighted by Crippen LogP contribution is -2.49. The molecular weight excluding hydrogens is 522 g/mol. The standard InChI is InChI=1S/C23H25BrClN7O2/c24-17-12-28-22-20(18(13-29-22)30-23(34)14-8-15(25)11-26-10-14)21(17)32-6-4-31(5-7-32)19(33)9-16-2-1-3-27-16/h8,10-13,16,27H,1-7,9H2,(H,28,29)(H,30,34). The zero-order valence-electron chi connectivity index (χ0n) is 18.5. The summed E-state index contributed by atoms with van der Waals surface area (Å²) in [7, 11) is 0. The summed E-state index contributed by atoms with van der Waals surface area (Å²) in [5.41, 5.74) is 2.60. The van der Waals surface area contributed by atoms with Crippen molar-refractivity contribution in [3.63, 3.8) is 0 Å². The van der Waals surface area contributed by atoms with Gasteiger partial charge in [0, 0.05) is 63.4 Å². The first kappa shape index (κ1) is 23.1. The molecule has 0 radical (unpaired) electrons. The molecule has 3 aromatic rings. The molecule has 3 N–H and O–H groups in total. The number of nitrogens with one attached hydrogen (secondary N) is 3. The number of hydrogen-bond donors (Lipinski definition) is 3. The lowest BCUT2D eigenvalue weighted by atomic mass is 10.1. The summed E-state index contributed by atoms with van der Waals surface area (Å²) in [6.45, 7) is 3.70. The predicted molar refractivity (Wildman–Crippen MR) is 135 cm³/mol. The number of halogens is 2. The van der Waals surface area contributed by atoms with E-state index < -0.39 is 0 Å². The van der Waals surface area contributed by atoms with Gasteiger partial charge in [-0.05, 0) is 41.4 Å². The average molecular weight is 547 g/mol. The van der Waals surface area contributed by atoms with Crippen LogP contribution in [0.5, 0.6) is 0 Å². The van der Waals surface area contributed by atoms with E-state index in [1.165, 1.54) is 12.4 Å². The van der Waals surface area contributed by atoms with Crippen LogP contribution >= 0.6 is 27.5 Å². The Labute approximate surface area is 210 Å². The molecule has 5 rings (SSSR count). The van der Waals surface area contributed by atoms with Crippen molar-refractivity contribution >= 4 is 61.8 Å². The van der Waals surface area contributed by atoms with Crippen LogP contribution in [0.1, 0.15) is 29.6 Å². The van der Waals surface area contributed by atoms with Crippen LogP contribution in [0, 0.1) is 0 Å². The average Bonchev–Trinajstić information content (AvgIpc) is 3.49. The summed E-state index contributed by atoms with van der Waals surface area (Å²) < 4.78 is 0.828. The Morgan fingerprint density at radius 1 is 1.21 bits per heavy atom. The monoisotopic (exact) mass is 545 g/mol. The van der Waals surface area contributed by atoms with Crippen LogP contribution in [-0.4, -0.2) is 70.4 Å². The minimum Gasteiger partial charge on any atom is -0.366 e. The summed E-state index contributed by atoms with van der Waals surface area (Å²) in [6, 6.07) is 1.88. The van der Waals surface area contributed by atoms with Crippen molar-refractivity contribution in [2.75, 3.05) is 42.9 Å². The van der Waals surface area contributed by atoms with Gasteiger partial charge in [0.15, 0.2) is 0 Å². The number of rotatable bonds is 5. The van der Waals surface area contributed by atoms with Crippen molar-refractivity contribution < 1.29 is 9.59 Å². The van der Waals surface area contributed by atoms with Gasteiger partial charge in [-0.1, -0.05) is 11.6 Å². The van der Waals surface area contributed by atoms with E-state index in [0.717, 1.165) is 34.9 Å². The second-order valence-electron chi connectivity index (χ2n) is 8.59. The third kappa shape index (κ3) is 4.75. The zero-order chi connectivity index (χ0) is 23.7. The zero-order valence-corrected chi connectivity index (χ0v) is 20.8. The quantitative estimate of drug-likeness (QED) is 0.453. The molecule has 3 aromatic heterocycles. The number of hydrogen-bond acceptors (Lipinski definition) is 6. The Morgan fingerprint density at radius 3 is 2.76 bits per heavy atom. The highest BCUT2D eigenvalue weighted by Crippen LogP contribution is 2.38. The first-order valence-electron chi connectivity index (χ1n) is 11.3. The van der Waals surface area contributed by atoms with E-state index in [-0.39, 0.29) is 11.8 Å². The third-order valence-electron chi connectivity index (χ3n) is 6.38. The highest BCUT2D eigenvalue weighted by Gasteiger charge is 2.27. The fourth-order valence-corrected chi connectivity index (χ4v) is 5.37. The third-order valence-corrected chi connectivity index (χ3v) is 7.16. The number of piperazine rings is 1. The van der Waals surface area contributed by atoms with Gasteiger partial charge in [-0.3, -0.25) is 14.6 Å². The molecule has 0 spiro atoms. The molecule has 2 aliphatic rings. The van der Waals surface area contributed by atoms with Gasteiger partial charge in [-0.15, -0.1) is 0 Å². The minimum absolute atomic E-state index is 0.211. The first-order valence-corrected chi connectivity index (χ1v) is 12.5. The van der Waals surface area contributed by atoms with Gasteiger partial charge >= 0.3 is 0 Å². The van der Waals surface area contributed by atoms with Gasteiger partial charge in [-0.2, -0.15) is 0 Å². The van der Waals surface area contributed by atoms with Crippen molar-refractivity contribution in [3.05, 3.63) is 45.9 Å². The van der Waals surface area contributed by atoms with E-state index in [1.54, 1.807) is 18.5 Å². The van der Waals surface area contributed by atoms with Crippen molar-refractivity contribution in [3.8, 4) is 0 Å². The molecule has 0 saturated carbocycles. The fraction of sp³-hybridized carbons (Fsp3) is 0.391. The number of carbonyl (C=O) groups excluding carboxylic acids is 2. The van der Waals surface area contributed by atoms with Gasteiger partial charge in [-0.25, -0.2) is 4.98 Å². The van der Waals surface area contributed by atoms with E-state index >= 15 is 0 Å². The summed E-state index contributed by atoms with van der Waals surface area (Å²) in [5.74, 6) is -0.0968. The maximum Gasteiger partial charge on any atom is 0.257 e. The normalized spacial score (nSPS) is 18.5. The van der Waals surface area contributed by atoms with E-state index in [4.69, 9.17) is 11.6 Å². The number of aromatic amines is 1. The summed E-state index contributed by atoms with van der Waals surface area (Å²) >= 11 is 9.64. The first-order chi connectivity index (χ1) is 16.5. The molecule has 0 bridgehead atoms. The van der Waals surface area contributed by atoms with Crippen LogP contribution in [0.15, 0.2) is 35.3 Å². The smallest absolute Gasteiger partial charge is 0.257 e. The molecule has 1 unspecified atom stereocenters. The van der Waals surface area contributed by atoms with E-state index in [1.807, 2.05) is 4.90 Å². The highest BCUT2D eigenvalue weighted by atomic mass is 79.9. The number of fused-ring (bicyclic) bond motifs is 1. The number of aromatic nitrogens is 3. The number of carbonyl (C=O) groups is 2. The summed E-state index contributed by atoms with van der Waals surface area (Å²) in [6.07, 6.45) is 9.22. The molecule has 178 valence electrons. The molecule has 2 fully saturated rings. The van der Waals surface area contributed by atoms with Crippen LogP contribution in [0.3, 0.4) is 0 Å². The van der Waals surface area contributed by atoms with Crippen molar-refractivity contribution in [1.29, 1.82) is 0 Å². The number of H-pyrrole nitrogens is 1. The second-order valence-corrected chi connectivity index (χ2v) is 9.88. The maximum atomic E-state index is 12.8. The van der Waals surface area contributed by atoms with Gasteiger partial charge < -0.3 is 25.4 Å². The number of anilines is 2. The Balaban J connectivity index is 1.34. The number of pyridine rings is 2. The van der Waals surface area contributed by atoms with Crippen LogP contribution < -0.4 is 15.5 Å². The lowest BCUT2D eigenvalue weighted by Gasteiger charge is -2.37. The highest BCUT2D eigenvalue weighted by molar-refractivity contribution is 9.10. The van der Waals surface area contributed by atoms with Gasteiger partial charge in [0.05, 0.1) is 31.8 Å². The van der Waals surface area contributed by atoms with Crippen LogP contribution in [0.2, 0.25) is 5.02 Å². The largest absolute Gasteiger partial charge is 0.366 e. The van der Waals surface area contributed by atoms with Crippen molar-refractivity contribution in [2.24, 2.45) is 0 Å².